The molecule has 120 valence electrons. The van der Waals surface area contributed by atoms with E-state index in [4.69, 9.17) is 4.74 Å². The molecule has 1 aromatic heterocycles. The summed E-state index contributed by atoms with van der Waals surface area (Å²) in [6.45, 7) is 4.48. The van der Waals surface area contributed by atoms with Gasteiger partial charge in [0.2, 0.25) is 0 Å². The van der Waals surface area contributed by atoms with E-state index in [1.54, 1.807) is 7.05 Å². The average molecular weight is 304 g/mol. The zero-order chi connectivity index (χ0) is 16.2. The van der Waals surface area contributed by atoms with E-state index in [0.29, 0.717) is 30.4 Å². The van der Waals surface area contributed by atoms with Gasteiger partial charge in [-0.1, -0.05) is 31.2 Å². The summed E-state index contributed by atoms with van der Waals surface area (Å²) in [5, 5.41) is 13.5. The molecule has 1 aliphatic carbocycles. The average Bonchev–Trinajstić information content (AvgIpc) is 2.51. The number of nitrogens with zero attached hydrogens (tertiary/aromatic N) is 2. The SMILES string of the molecule is Cc1nn(C)c(=O)cc1OC[C@@](C)(CCO)C1C=CC=CC1. The molecule has 2 rings (SSSR count). The van der Waals surface area contributed by atoms with Crippen molar-refractivity contribution in [1.29, 1.82) is 0 Å². The van der Waals surface area contributed by atoms with Gasteiger partial charge in [0, 0.05) is 25.1 Å². The van der Waals surface area contributed by atoms with Gasteiger partial charge in [0.1, 0.15) is 11.4 Å². The molecule has 1 aromatic rings. The van der Waals surface area contributed by atoms with Gasteiger partial charge in [-0.3, -0.25) is 4.79 Å². The molecule has 0 saturated heterocycles. The molecule has 0 fully saturated rings. The number of rotatable bonds is 6. The van der Waals surface area contributed by atoms with Crippen LogP contribution in [0.15, 0.2) is 35.2 Å². The molecule has 5 heteroatoms. The van der Waals surface area contributed by atoms with E-state index in [9.17, 15) is 9.90 Å². The Labute approximate surface area is 130 Å². The van der Waals surface area contributed by atoms with Crippen LogP contribution in [0.2, 0.25) is 0 Å². The Morgan fingerprint density at radius 2 is 2.27 bits per heavy atom. The molecule has 0 spiro atoms. The molecule has 0 aromatic carbocycles. The van der Waals surface area contributed by atoms with Crippen LogP contribution in [0.3, 0.4) is 0 Å². The smallest absolute Gasteiger partial charge is 0.270 e. The van der Waals surface area contributed by atoms with Gasteiger partial charge in [0.25, 0.3) is 5.56 Å². The second-order valence-electron chi connectivity index (χ2n) is 6.13. The summed E-state index contributed by atoms with van der Waals surface area (Å²) in [7, 11) is 1.62. The largest absolute Gasteiger partial charge is 0.491 e. The highest BCUT2D eigenvalue weighted by Gasteiger charge is 2.33. The molecule has 0 bridgehead atoms. The van der Waals surface area contributed by atoms with Crippen molar-refractivity contribution in [1.82, 2.24) is 9.78 Å². The predicted octanol–water partition coefficient (Wildman–Crippen LogP) is 1.99. The van der Waals surface area contributed by atoms with E-state index in [2.05, 4.69) is 24.2 Å². The van der Waals surface area contributed by atoms with Crippen molar-refractivity contribution in [3.63, 3.8) is 0 Å². The summed E-state index contributed by atoms with van der Waals surface area (Å²) >= 11 is 0. The second-order valence-corrected chi connectivity index (χ2v) is 6.13. The van der Waals surface area contributed by atoms with Crippen LogP contribution in [0.25, 0.3) is 0 Å². The normalized spacial score (nSPS) is 19.9. The van der Waals surface area contributed by atoms with Crippen LogP contribution < -0.4 is 10.3 Å². The van der Waals surface area contributed by atoms with Crippen molar-refractivity contribution >= 4 is 0 Å². The van der Waals surface area contributed by atoms with Crippen LogP contribution in [0.4, 0.5) is 0 Å². The van der Waals surface area contributed by atoms with Gasteiger partial charge >= 0.3 is 0 Å². The van der Waals surface area contributed by atoms with E-state index in [1.165, 1.54) is 10.7 Å². The van der Waals surface area contributed by atoms with Gasteiger partial charge in [-0.05, 0) is 25.7 Å². The fraction of sp³-hybridized carbons (Fsp3) is 0.529. The third-order valence-electron chi connectivity index (χ3n) is 4.35. The van der Waals surface area contributed by atoms with E-state index in [0.717, 1.165) is 6.42 Å². The lowest BCUT2D eigenvalue weighted by molar-refractivity contribution is 0.0812. The molecule has 5 nitrogen and oxygen atoms in total. The Morgan fingerprint density at radius 3 is 2.91 bits per heavy atom. The lowest BCUT2D eigenvalue weighted by Crippen LogP contribution is -2.34. The van der Waals surface area contributed by atoms with E-state index < -0.39 is 0 Å². The first-order chi connectivity index (χ1) is 10.5. The number of aryl methyl sites for hydroxylation is 2. The van der Waals surface area contributed by atoms with Crippen LogP contribution in [0.1, 0.15) is 25.5 Å². The molecular formula is C17H24N2O3. The number of aliphatic hydroxyl groups is 1. The summed E-state index contributed by atoms with van der Waals surface area (Å²) in [4.78, 5) is 11.7. The highest BCUT2D eigenvalue weighted by Crippen LogP contribution is 2.37. The summed E-state index contributed by atoms with van der Waals surface area (Å²) in [5.41, 5.74) is 0.307. The minimum absolute atomic E-state index is 0.113. The minimum Gasteiger partial charge on any atom is -0.491 e. The molecule has 0 amide bonds. The molecular weight excluding hydrogens is 280 g/mol. The number of allylic oxidation sites excluding steroid dienone is 4. The Bertz CT molecular complexity index is 633. The van der Waals surface area contributed by atoms with Crippen molar-refractivity contribution in [2.45, 2.75) is 26.7 Å². The van der Waals surface area contributed by atoms with Gasteiger partial charge < -0.3 is 9.84 Å². The molecule has 1 N–H and O–H groups in total. The van der Waals surface area contributed by atoms with Gasteiger partial charge in [0.05, 0.1) is 6.61 Å². The number of ether oxygens (including phenoxy) is 1. The number of hydrogen-bond acceptors (Lipinski definition) is 4. The number of aliphatic hydroxyl groups excluding tert-OH is 1. The molecule has 1 aliphatic rings. The zero-order valence-electron chi connectivity index (χ0n) is 13.5. The fourth-order valence-electron chi connectivity index (χ4n) is 2.74. The second kappa shape index (κ2) is 6.92. The maximum absolute atomic E-state index is 11.7. The van der Waals surface area contributed by atoms with Crippen LogP contribution in [0, 0.1) is 18.3 Å². The molecule has 2 atom stereocenters. The monoisotopic (exact) mass is 304 g/mol. The van der Waals surface area contributed by atoms with Crippen molar-refractivity contribution in [3.05, 3.63) is 46.4 Å². The van der Waals surface area contributed by atoms with Gasteiger partial charge in [-0.2, -0.15) is 5.10 Å². The lowest BCUT2D eigenvalue weighted by Gasteiger charge is -2.36. The Balaban J connectivity index is 2.15. The molecule has 0 radical (unpaired) electrons. The topological polar surface area (TPSA) is 64.4 Å². The molecule has 1 unspecified atom stereocenters. The Kier molecular flexibility index (Phi) is 5.19. The minimum atomic E-state index is -0.191. The van der Waals surface area contributed by atoms with Crippen molar-refractivity contribution in [2.24, 2.45) is 18.4 Å². The first-order valence-electron chi connectivity index (χ1n) is 7.58. The molecule has 1 heterocycles. The molecule has 0 saturated carbocycles. The van der Waals surface area contributed by atoms with Crippen molar-refractivity contribution in [2.75, 3.05) is 13.2 Å². The van der Waals surface area contributed by atoms with Crippen LogP contribution in [-0.4, -0.2) is 28.1 Å². The standard InChI is InChI=1S/C17H24N2O3/c1-13-15(11-16(21)19(3)18-13)22-12-17(2,9-10-20)14-7-5-4-6-8-14/h4-7,11,14,20H,8-10,12H2,1-3H3/t14?,17-/m1/s1. The van der Waals surface area contributed by atoms with Crippen LogP contribution in [-0.2, 0) is 7.05 Å². The third-order valence-corrected chi connectivity index (χ3v) is 4.35. The fourth-order valence-corrected chi connectivity index (χ4v) is 2.74. The first-order valence-corrected chi connectivity index (χ1v) is 7.58. The highest BCUT2D eigenvalue weighted by atomic mass is 16.5. The zero-order valence-corrected chi connectivity index (χ0v) is 13.5. The number of hydrogen-bond donors (Lipinski definition) is 1. The predicted molar refractivity (Wildman–Crippen MR) is 85.9 cm³/mol. The van der Waals surface area contributed by atoms with Crippen LogP contribution in [0.5, 0.6) is 5.75 Å². The van der Waals surface area contributed by atoms with Crippen LogP contribution >= 0.6 is 0 Å². The quantitative estimate of drug-likeness (QED) is 0.873. The van der Waals surface area contributed by atoms with E-state index >= 15 is 0 Å². The van der Waals surface area contributed by atoms with Gasteiger partial charge in [-0.25, -0.2) is 4.68 Å². The Hall–Kier alpha value is -1.88. The molecule has 22 heavy (non-hydrogen) atoms. The number of aromatic nitrogens is 2. The first kappa shape index (κ1) is 16.5. The van der Waals surface area contributed by atoms with E-state index in [1.807, 2.05) is 19.1 Å². The molecule has 0 aliphatic heterocycles. The maximum atomic E-state index is 11.7. The summed E-state index contributed by atoms with van der Waals surface area (Å²) in [6.07, 6.45) is 9.94. The summed E-state index contributed by atoms with van der Waals surface area (Å²) in [6, 6.07) is 1.47. The van der Waals surface area contributed by atoms with Gasteiger partial charge in [0.15, 0.2) is 0 Å². The Morgan fingerprint density at radius 1 is 1.50 bits per heavy atom. The summed E-state index contributed by atoms with van der Waals surface area (Å²) in [5.74, 6) is 0.826. The van der Waals surface area contributed by atoms with Crippen molar-refractivity contribution < 1.29 is 9.84 Å². The lowest BCUT2D eigenvalue weighted by atomic mass is 9.72. The third kappa shape index (κ3) is 3.65. The van der Waals surface area contributed by atoms with E-state index in [-0.39, 0.29) is 17.6 Å². The van der Waals surface area contributed by atoms with Crippen molar-refractivity contribution in [3.8, 4) is 5.75 Å². The highest BCUT2D eigenvalue weighted by molar-refractivity contribution is 5.24. The van der Waals surface area contributed by atoms with Gasteiger partial charge in [-0.15, -0.1) is 0 Å². The summed E-state index contributed by atoms with van der Waals surface area (Å²) < 4.78 is 7.19. The maximum Gasteiger partial charge on any atom is 0.270 e.